The number of halogens is 2. The SMILES string of the molecule is CC(C)(C)NC(=O)NC(=O)COC(=O)c1ccc(Cl)cc1F. The van der Waals surface area contributed by atoms with Gasteiger partial charge in [-0.3, -0.25) is 10.1 Å². The highest BCUT2D eigenvalue weighted by Crippen LogP contribution is 2.15. The molecular formula is C14H16ClFN2O4. The number of hydrogen-bond donors (Lipinski definition) is 2. The van der Waals surface area contributed by atoms with Crippen molar-refractivity contribution in [2.24, 2.45) is 0 Å². The Labute approximate surface area is 132 Å². The molecule has 120 valence electrons. The van der Waals surface area contributed by atoms with Crippen LogP contribution < -0.4 is 10.6 Å². The third kappa shape index (κ3) is 6.09. The summed E-state index contributed by atoms with van der Waals surface area (Å²) in [4.78, 5) is 34.5. The molecule has 22 heavy (non-hydrogen) atoms. The van der Waals surface area contributed by atoms with Crippen LogP contribution in [0.1, 0.15) is 31.1 Å². The molecule has 2 N–H and O–H groups in total. The standard InChI is InChI=1S/C14H16ClFN2O4/c1-14(2,3)18-13(21)17-11(19)7-22-12(20)9-5-4-8(15)6-10(9)16/h4-6H,7H2,1-3H3,(H2,17,18,19,21). The summed E-state index contributed by atoms with van der Waals surface area (Å²) in [5, 5.41) is 4.61. The monoisotopic (exact) mass is 330 g/mol. The van der Waals surface area contributed by atoms with Crippen molar-refractivity contribution in [3.05, 3.63) is 34.6 Å². The number of imide groups is 1. The van der Waals surface area contributed by atoms with Crippen LogP contribution in [0.25, 0.3) is 0 Å². The van der Waals surface area contributed by atoms with Crippen LogP contribution in [0, 0.1) is 5.82 Å². The first-order valence-electron chi connectivity index (χ1n) is 6.32. The lowest BCUT2D eigenvalue weighted by atomic mass is 10.1. The van der Waals surface area contributed by atoms with Gasteiger partial charge in [-0.05, 0) is 39.0 Å². The third-order valence-electron chi connectivity index (χ3n) is 2.23. The van der Waals surface area contributed by atoms with Crippen LogP contribution in [-0.2, 0) is 9.53 Å². The van der Waals surface area contributed by atoms with Gasteiger partial charge in [0.15, 0.2) is 6.61 Å². The van der Waals surface area contributed by atoms with Gasteiger partial charge in [0, 0.05) is 10.6 Å². The van der Waals surface area contributed by atoms with Crippen LogP contribution >= 0.6 is 11.6 Å². The largest absolute Gasteiger partial charge is 0.452 e. The van der Waals surface area contributed by atoms with E-state index in [1.165, 1.54) is 6.07 Å². The number of nitrogens with one attached hydrogen (secondary N) is 2. The van der Waals surface area contributed by atoms with Crippen molar-refractivity contribution in [1.29, 1.82) is 0 Å². The van der Waals surface area contributed by atoms with Gasteiger partial charge in [-0.15, -0.1) is 0 Å². The Hall–Kier alpha value is -2.15. The molecule has 0 aromatic heterocycles. The summed E-state index contributed by atoms with van der Waals surface area (Å²) >= 11 is 5.56. The molecule has 0 aliphatic heterocycles. The average molecular weight is 331 g/mol. The van der Waals surface area contributed by atoms with Crippen molar-refractivity contribution in [3.63, 3.8) is 0 Å². The summed E-state index contributed by atoms with van der Waals surface area (Å²) in [6.07, 6.45) is 0. The maximum absolute atomic E-state index is 13.5. The summed E-state index contributed by atoms with van der Waals surface area (Å²) in [5.74, 6) is -2.71. The molecule has 0 unspecified atom stereocenters. The lowest BCUT2D eigenvalue weighted by Crippen LogP contribution is -2.49. The molecule has 0 radical (unpaired) electrons. The lowest BCUT2D eigenvalue weighted by molar-refractivity contribution is -0.123. The highest BCUT2D eigenvalue weighted by Gasteiger charge is 2.18. The molecule has 0 saturated carbocycles. The zero-order valence-corrected chi connectivity index (χ0v) is 13.1. The quantitative estimate of drug-likeness (QED) is 0.833. The van der Waals surface area contributed by atoms with E-state index in [9.17, 15) is 18.8 Å². The van der Waals surface area contributed by atoms with Gasteiger partial charge in [0.1, 0.15) is 5.82 Å². The zero-order chi connectivity index (χ0) is 16.9. The van der Waals surface area contributed by atoms with Crippen LogP contribution in [0.2, 0.25) is 5.02 Å². The van der Waals surface area contributed by atoms with Gasteiger partial charge >= 0.3 is 12.0 Å². The first-order chi connectivity index (χ1) is 10.1. The van der Waals surface area contributed by atoms with E-state index in [2.05, 4.69) is 10.1 Å². The normalized spacial score (nSPS) is 10.8. The molecule has 1 aromatic carbocycles. The number of amides is 3. The molecule has 1 rings (SSSR count). The smallest absolute Gasteiger partial charge is 0.341 e. The second-order valence-corrected chi connectivity index (χ2v) is 5.89. The molecule has 8 heteroatoms. The maximum atomic E-state index is 13.5. The van der Waals surface area contributed by atoms with E-state index in [1.54, 1.807) is 20.8 Å². The number of benzene rings is 1. The molecule has 0 aliphatic carbocycles. The Kier molecular flexibility index (Phi) is 5.87. The fourth-order valence-electron chi connectivity index (χ4n) is 1.40. The molecule has 3 amide bonds. The Morgan fingerprint density at radius 3 is 2.45 bits per heavy atom. The summed E-state index contributed by atoms with van der Waals surface area (Å²) in [5.41, 5.74) is -0.871. The fourth-order valence-corrected chi connectivity index (χ4v) is 1.56. The minimum absolute atomic E-state index is 0.130. The number of urea groups is 1. The first-order valence-corrected chi connectivity index (χ1v) is 6.70. The molecule has 0 atom stereocenters. The lowest BCUT2D eigenvalue weighted by Gasteiger charge is -2.20. The number of carbonyl (C=O) groups is 3. The second kappa shape index (κ2) is 7.22. The predicted octanol–water partition coefficient (Wildman–Crippen LogP) is 2.26. The Bertz CT molecular complexity index is 599. The van der Waals surface area contributed by atoms with Crippen LogP contribution in [-0.4, -0.2) is 30.1 Å². The van der Waals surface area contributed by atoms with E-state index >= 15 is 0 Å². The Morgan fingerprint density at radius 2 is 1.91 bits per heavy atom. The van der Waals surface area contributed by atoms with Gasteiger partial charge in [0.2, 0.25) is 0 Å². The molecule has 6 nitrogen and oxygen atoms in total. The first kappa shape index (κ1) is 17.9. The number of hydrogen-bond acceptors (Lipinski definition) is 4. The van der Waals surface area contributed by atoms with Crippen molar-refractivity contribution in [3.8, 4) is 0 Å². The minimum atomic E-state index is -1.03. The Balaban J connectivity index is 2.50. The van der Waals surface area contributed by atoms with Crippen molar-refractivity contribution >= 4 is 29.5 Å². The van der Waals surface area contributed by atoms with Crippen molar-refractivity contribution in [2.75, 3.05) is 6.61 Å². The van der Waals surface area contributed by atoms with Crippen molar-refractivity contribution in [2.45, 2.75) is 26.3 Å². The van der Waals surface area contributed by atoms with E-state index < -0.39 is 35.9 Å². The minimum Gasteiger partial charge on any atom is -0.452 e. The average Bonchev–Trinajstić information content (AvgIpc) is 2.33. The number of carbonyl (C=O) groups excluding carboxylic acids is 3. The Morgan fingerprint density at radius 1 is 1.27 bits per heavy atom. The van der Waals surface area contributed by atoms with Crippen molar-refractivity contribution in [1.82, 2.24) is 10.6 Å². The van der Waals surface area contributed by atoms with Crippen LogP contribution in [0.4, 0.5) is 9.18 Å². The molecule has 0 aliphatic rings. The summed E-state index contributed by atoms with van der Waals surface area (Å²) < 4.78 is 18.1. The van der Waals surface area contributed by atoms with E-state index in [-0.39, 0.29) is 10.6 Å². The van der Waals surface area contributed by atoms with Crippen LogP contribution in [0.15, 0.2) is 18.2 Å². The van der Waals surface area contributed by atoms with E-state index in [0.717, 1.165) is 12.1 Å². The topological polar surface area (TPSA) is 84.5 Å². The van der Waals surface area contributed by atoms with Gasteiger partial charge in [-0.25, -0.2) is 14.0 Å². The van der Waals surface area contributed by atoms with Crippen molar-refractivity contribution < 1.29 is 23.5 Å². The summed E-state index contributed by atoms with van der Waals surface area (Å²) in [6.45, 7) is 4.50. The molecule has 0 saturated heterocycles. The maximum Gasteiger partial charge on any atom is 0.341 e. The summed E-state index contributed by atoms with van der Waals surface area (Å²) in [6, 6.07) is 2.70. The highest BCUT2D eigenvalue weighted by molar-refractivity contribution is 6.30. The summed E-state index contributed by atoms with van der Waals surface area (Å²) in [7, 11) is 0. The molecule has 0 bridgehead atoms. The van der Waals surface area contributed by atoms with E-state index in [0.29, 0.717) is 0 Å². The molecule has 1 aromatic rings. The van der Waals surface area contributed by atoms with Crippen LogP contribution in [0.5, 0.6) is 0 Å². The predicted molar refractivity (Wildman–Crippen MR) is 78.1 cm³/mol. The fraction of sp³-hybridized carbons (Fsp3) is 0.357. The van der Waals surface area contributed by atoms with E-state index in [1.807, 2.05) is 5.32 Å². The van der Waals surface area contributed by atoms with Gasteiger partial charge in [-0.1, -0.05) is 11.6 Å². The molecule has 0 heterocycles. The number of ether oxygens (including phenoxy) is 1. The second-order valence-electron chi connectivity index (χ2n) is 5.45. The van der Waals surface area contributed by atoms with Gasteiger partial charge in [0.25, 0.3) is 5.91 Å². The molecular weight excluding hydrogens is 315 g/mol. The third-order valence-corrected chi connectivity index (χ3v) is 2.46. The van der Waals surface area contributed by atoms with Gasteiger partial charge < -0.3 is 10.1 Å². The number of rotatable bonds is 3. The van der Waals surface area contributed by atoms with Gasteiger partial charge in [0.05, 0.1) is 5.56 Å². The molecule has 0 spiro atoms. The highest BCUT2D eigenvalue weighted by atomic mass is 35.5. The van der Waals surface area contributed by atoms with Crippen LogP contribution in [0.3, 0.4) is 0 Å². The zero-order valence-electron chi connectivity index (χ0n) is 12.3. The van der Waals surface area contributed by atoms with E-state index in [4.69, 9.17) is 11.6 Å². The molecule has 0 fully saturated rings. The van der Waals surface area contributed by atoms with Gasteiger partial charge in [-0.2, -0.15) is 0 Å². The number of esters is 1.